The summed E-state index contributed by atoms with van der Waals surface area (Å²) in [5.74, 6) is -0.767. The van der Waals surface area contributed by atoms with Crippen molar-refractivity contribution in [2.45, 2.75) is 59.2 Å². The fourth-order valence-corrected chi connectivity index (χ4v) is 3.89. The summed E-state index contributed by atoms with van der Waals surface area (Å²) in [5.41, 5.74) is 3.48. The number of amides is 3. The molecule has 34 heavy (non-hydrogen) atoms. The Kier molecular flexibility index (Phi) is 9.15. The summed E-state index contributed by atoms with van der Waals surface area (Å²) < 4.78 is 5.28. The fourth-order valence-electron chi connectivity index (χ4n) is 3.64. The van der Waals surface area contributed by atoms with E-state index in [1.54, 1.807) is 27.8 Å². The Morgan fingerprint density at radius 2 is 1.62 bits per heavy atom. The molecule has 7 nitrogen and oxygen atoms in total. The number of carbonyl (C=O) groups excluding carboxylic acids is 3. The highest BCUT2D eigenvalue weighted by atomic mass is 32.1. The molecule has 0 saturated carbocycles. The first-order valence-corrected chi connectivity index (χ1v) is 11.8. The Morgan fingerprint density at radius 3 is 2.15 bits per heavy atom. The van der Waals surface area contributed by atoms with Crippen LogP contribution in [0.4, 0.5) is 10.5 Å². The number of alkyl carbamates (subject to hydrolysis) is 1. The predicted molar refractivity (Wildman–Crippen MR) is 138 cm³/mol. The van der Waals surface area contributed by atoms with Crippen LogP contribution in [0.15, 0.2) is 42.5 Å². The molecular formula is C26H35N3O4S. The van der Waals surface area contributed by atoms with Gasteiger partial charge in [0, 0.05) is 18.5 Å². The molecule has 0 aliphatic carbocycles. The first kappa shape index (κ1) is 27.2. The van der Waals surface area contributed by atoms with Crippen LogP contribution in [0.3, 0.4) is 0 Å². The Balaban J connectivity index is 2.38. The molecule has 0 aliphatic heterocycles. The second kappa shape index (κ2) is 11.4. The molecular weight excluding hydrogens is 450 g/mol. The van der Waals surface area contributed by atoms with E-state index in [4.69, 9.17) is 4.74 Å². The number of para-hydroxylation sites is 1. The molecule has 0 heterocycles. The van der Waals surface area contributed by atoms with E-state index in [2.05, 4.69) is 23.3 Å². The van der Waals surface area contributed by atoms with Crippen molar-refractivity contribution in [2.75, 3.05) is 18.1 Å². The van der Waals surface area contributed by atoms with Gasteiger partial charge in [-0.1, -0.05) is 47.5 Å². The average Bonchev–Trinajstić information content (AvgIpc) is 2.71. The van der Waals surface area contributed by atoms with Crippen molar-refractivity contribution in [1.82, 2.24) is 10.2 Å². The standard InChI is InChI=1S/C26H35N3O4S/c1-16-12-17(2)14-19(13-16)22(23(30)27-20-11-9-8-10-18(20)3)29(7)24(31)21(15-34)28-25(32)33-26(4,5)6/h8-14,21-22,34H,15H2,1-7H3,(H,27,30)(H,28,32). The number of nitrogens with one attached hydrogen (secondary N) is 2. The molecule has 0 aliphatic rings. The van der Waals surface area contributed by atoms with E-state index in [9.17, 15) is 14.4 Å². The van der Waals surface area contributed by atoms with Crippen LogP contribution in [0.2, 0.25) is 0 Å². The number of thiol groups is 1. The molecule has 0 bridgehead atoms. The van der Waals surface area contributed by atoms with Gasteiger partial charge in [-0.05, 0) is 58.7 Å². The van der Waals surface area contributed by atoms with Gasteiger partial charge >= 0.3 is 6.09 Å². The summed E-state index contributed by atoms with van der Waals surface area (Å²) in [6.45, 7) is 11.0. The lowest BCUT2D eigenvalue weighted by Gasteiger charge is -2.31. The number of likely N-dealkylation sites (N-methyl/N-ethyl adjacent to an activating group) is 1. The Bertz CT molecular complexity index is 1030. The van der Waals surface area contributed by atoms with Crippen LogP contribution in [0.5, 0.6) is 0 Å². The third-order valence-electron chi connectivity index (χ3n) is 5.12. The van der Waals surface area contributed by atoms with Crippen molar-refractivity contribution in [3.8, 4) is 0 Å². The molecule has 8 heteroatoms. The molecule has 2 N–H and O–H groups in total. The highest BCUT2D eigenvalue weighted by Gasteiger charge is 2.34. The smallest absolute Gasteiger partial charge is 0.408 e. The van der Waals surface area contributed by atoms with Crippen LogP contribution in [0.25, 0.3) is 0 Å². The van der Waals surface area contributed by atoms with Gasteiger partial charge in [-0.2, -0.15) is 12.6 Å². The van der Waals surface area contributed by atoms with E-state index < -0.39 is 29.7 Å². The van der Waals surface area contributed by atoms with Gasteiger partial charge in [0.1, 0.15) is 17.7 Å². The van der Waals surface area contributed by atoms with Crippen LogP contribution in [-0.2, 0) is 14.3 Å². The SMILES string of the molecule is Cc1cc(C)cc(C(C(=O)Nc2ccccc2C)N(C)C(=O)C(CS)NC(=O)OC(C)(C)C)c1. The lowest BCUT2D eigenvalue weighted by atomic mass is 9.99. The number of rotatable bonds is 7. The van der Waals surface area contributed by atoms with Crippen molar-refractivity contribution >= 4 is 36.2 Å². The molecule has 0 saturated heterocycles. The fraction of sp³-hybridized carbons (Fsp3) is 0.423. The molecule has 0 aromatic heterocycles. The van der Waals surface area contributed by atoms with Gasteiger partial charge in [0.05, 0.1) is 0 Å². The lowest BCUT2D eigenvalue weighted by Crippen LogP contribution is -2.52. The quantitative estimate of drug-likeness (QED) is 0.501. The van der Waals surface area contributed by atoms with E-state index in [1.165, 1.54) is 4.90 Å². The van der Waals surface area contributed by atoms with Crippen molar-refractivity contribution in [2.24, 2.45) is 0 Å². The van der Waals surface area contributed by atoms with Crippen LogP contribution in [0, 0.1) is 20.8 Å². The van der Waals surface area contributed by atoms with Crippen LogP contribution in [-0.4, -0.2) is 47.3 Å². The molecule has 2 unspecified atom stereocenters. The molecule has 0 radical (unpaired) electrons. The normalized spacial score (nSPS) is 12.9. The van der Waals surface area contributed by atoms with E-state index in [0.29, 0.717) is 11.3 Å². The van der Waals surface area contributed by atoms with Crippen LogP contribution < -0.4 is 10.6 Å². The Labute approximate surface area is 207 Å². The van der Waals surface area contributed by atoms with Gasteiger partial charge in [-0.25, -0.2) is 4.79 Å². The molecule has 2 atom stereocenters. The molecule has 2 aromatic carbocycles. The second-order valence-corrected chi connectivity index (χ2v) is 9.82. The van der Waals surface area contributed by atoms with Crippen LogP contribution >= 0.6 is 12.6 Å². The largest absolute Gasteiger partial charge is 0.444 e. The van der Waals surface area contributed by atoms with Crippen molar-refractivity contribution in [1.29, 1.82) is 0 Å². The number of aryl methyl sites for hydroxylation is 3. The molecule has 0 spiro atoms. The maximum atomic E-state index is 13.5. The van der Waals surface area contributed by atoms with E-state index in [-0.39, 0.29) is 11.7 Å². The van der Waals surface area contributed by atoms with Gasteiger partial charge in [-0.15, -0.1) is 0 Å². The zero-order chi connectivity index (χ0) is 25.6. The number of benzene rings is 2. The lowest BCUT2D eigenvalue weighted by molar-refractivity contribution is -0.138. The third kappa shape index (κ3) is 7.52. The summed E-state index contributed by atoms with van der Waals surface area (Å²) in [7, 11) is 1.55. The molecule has 184 valence electrons. The summed E-state index contributed by atoms with van der Waals surface area (Å²) in [5, 5.41) is 5.52. The minimum Gasteiger partial charge on any atom is -0.444 e. The Hall–Kier alpha value is -3.00. The first-order chi connectivity index (χ1) is 15.8. The van der Waals surface area contributed by atoms with Crippen molar-refractivity contribution in [3.63, 3.8) is 0 Å². The molecule has 2 rings (SSSR count). The molecule has 0 fully saturated rings. The minimum atomic E-state index is -0.970. The Morgan fingerprint density at radius 1 is 1.03 bits per heavy atom. The number of hydrogen-bond acceptors (Lipinski definition) is 5. The van der Waals surface area contributed by atoms with E-state index >= 15 is 0 Å². The predicted octanol–water partition coefficient (Wildman–Crippen LogP) is 4.57. The van der Waals surface area contributed by atoms with Crippen molar-refractivity contribution < 1.29 is 19.1 Å². The number of nitrogens with zero attached hydrogens (tertiary/aromatic N) is 1. The third-order valence-corrected chi connectivity index (χ3v) is 5.48. The summed E-state index contributed by atoms with van der Waals surface area (Å²) in [6, 6.07) is 11.3. The molecule has 2 aromatic rings. The molecule has 3 amide bonds. The maximum Gasteiger partial charge on any atom is 0.408 e. The van der Waals surface area contributed by atoms with Gasteiger partial charge in [-0.3, -0.25) is 9.59 Å². The first-order valence-electron chi connectivity index (χ1n) is 11.1. The topological polar surface area (TPSA) is 87.7 Å². The van der Waals surface area contributed by atoms with Gasteiger partial charge in [0.2, 0.25) is 5.91 Å². The highest BCUT2D eigenvalue weighted by molar-refractivity contribution is 7.80. The number of hydrogen-bond donors (Lipinski definition) is 3. The zero-order valence-electron chi connectivity index (χ0n) is 20.9. The summed E-state index contributed by atoms with van der Waals surface area (Å²) in [4.78, 5) is 40.6. The van der Waals surface area contributed by atoms with Crippen molar-refractivity contribution in [3.05, 3.63) is 64.7 Å². The van der Waals surface area contributed by atoms with Gasteiger partial charge in [0.15, 0.2) is 0 Å². The summed E-state index contributed by atoms with van der Waals surface area (Å²) in [6.07, 6.45) is -0.722. The van der Waals surface area contributed by atoms with E-state index in [1.807, 2.05) is 63.2 Å². The maximum absolute atomic E-state index is 13.5. The number of anilines is 1. The highest BCUT2D eigenvalue weighted by Crippen LogP contribution is 2.26. The second-order valence-electron chi connectivity index (χ2n) is 9.46. The number of ether oxygens (including phenoxy) is 1. The number of carbonyl (C=O) groups is 3. The van der Waals surface area contributed by atoms with Gasteiger partial charge in [0.25, 0.3) is 5.91 Å². The zero-order valence-corrected chi connectivity index (χ0v) is 21.8. The minimum absolute atomic E-state index is 0.0430. The van der Waals surface area contributed by atoms with Gasteiger partial charge < -0.3 is 20.3 Å². The monoisotopic (exact) mass is 485 g/mol. The van der Waals surface area contributed by atoms with E-state index in [0.717, 1.165) is 16.7 Å². The average molecular weight is 486 g/mol. The summed E-state index contributed by atoms with van der Waals surface area (Å²) >= 11 is 4.25. The van der Waals surface area contributed by atoms with Crippen LogP contribution in [0.1, 0.15) is 49.1 Å².